The fourth-order valence-corrected chi connectivity index (χ4v) is 3.37. The number of aromatic amines is 1. The number of nitrogens with zero attached hydrogens (tertiary/aromatic N) is 1. The first-order chi connectivity index (χ1) is 14.1. The van der Waals surface area contributed by atoms with Crippen LogP contribution in [0.1, 0.15) is 21.5 Å². The first kappa shape index (κ1) is 18.8. The van der Waals surface area contributed by atoms with Crippen molar-refractivity contribution < 1.29 is 23.7 Å². The monoisotopic (exact) mass is 395 g/mol. The van der Waals surface area contributed by atoms with Gasteiger partial charge in [-0.1, -0.05) is 12.1 Å². The Hall–Kier alpha value is -3.52. The van der Waals surface area contributed by atoms with E-state index >= 15 is 0 Å². The van der Waals surface area contributed by atoms with Crippen molar-refractivity contribution in [2.75, 3.05) is 26.6 Å². The number of fused-ring (bicyclic) bond motifs is 1. The molecular formula is C21H21N3O5. The third-order valence-electron chi connectivity index (χ3n) is 4.82. The Morgan fingerprint density at radius 2 is 1.83 bits per heavy atom. The van der Waals surface area contributed by atoms with Crippen LogP contribution in [0.2, 0.25) is 0 Å². The standard InChI is InChI=1S/C21H21N3O5/c1-26-17-7-13(8-18(27-2)20(17)28-3)16-9-19(24-23-16)22-21(25)14-6-4-5-12-10-29-11-15(12)14/h4-9H,10-11H2,1-3H3,(H2,22,23,24,25). The number of nitrogens with one attached hydrogen (secondary N) is 2. The number of ether oxygens (including phenoxy) is 4. The Bertz CT molecular complexity index is 1040. The first-order valence-corrected chi connectivity index (χ1v) is 9.00. The summed E-state index contributed by atoms with van der Waals surface area (Å²) in [5, 5.41) is 9.97. The first-order valence-electron chi connectivity index (χ1n) is 9.00. The normalized spacial score (nSPS) is 12.4. The number of benzene rings is 2. The van der Waals surface area contributed by atoms with E-state index in [1.54, 1.807) is 33.5 Å². The Kier molecular flexibility index (Phi) is 5.09. The van der Waals surface area contributed by atoms with Crippen LogP contribution in [0.4, 0.5) is 5.82 Å². The molecule has 0 bridgehead atoms. The zero-order valence-corrected chi connectivity index (χ0v) is 16.4. The van der Waals surface area contributed by atoms with E-state index in [-0.39, 0.29) is 5.91 Å². The maximum Gasteiger partial charge on any atom is 0.257 e. The highest BCUT2D eigenvalue weighted by molar-refractivity contribution is 6.05. The highest BCUT2D eigenvalue weighted by Crippen LogP contribution is 2.41. The van der Waals surface area contributed by atoms with Crippen LogP contribution in [0.15, 0.2) is 36.4 Å². The SMILES string of the molecule is COc1cc(-c2cc(NC(=O)c3cccc4c3COC4)n[nH]2)cc(OC)c1OC. The summed E-state index contributed by atoms with van der Waals surface area (Å²) in [6.45, 7) is 0.973. The molecule has 0 spiro atoms. The number of H-pyrrole nitrogens is 1. The van der Waals surface area contributed by atoms with Gasteiger partial charge in [0.15, 0.2) is 17.3 Å². The predicted octanol–water partition coefficient (Wildman–Crippen LogP) is 3.39. The number of hydrogen-bond donors (Lipinski definition) is 2. The highest BCUT2D eigenvalue weighted by atomic mass is 16.5. The molecule has 1 amide bonds. The van der Waals surface area contributed by atoms with Gasteiger partial charge >= 0.3 is 0 Å². The largest absolute Gasteiger partial charge is 0.493 e. The lowest BCUT2D eigenvalue weighted by atomic mass is 10.0. The molecule has 0 fully saturated rings. The van der Waals surface area contributed by atoms with Gasteiger partial charge in [-0.2, -0.15) is 5.10 Å². The van der Waals surface area contributed by atoms with E-state index in [1.807, 2.05) is 24.3 Å². The molecule has 29 heavy (non-hydrogen) atoms. The molecule has 0 radical (unpaired) electrons. The Morgan fingerprint density at radius 3 is 2.52 bits per heavy atom. The van der Waals surface area contributed by atoms with Crippen LogP contribution in [0.5, 0.6) is 17.2 Å². The van der Waals surface area contributed by atoms with Crippen molar-refractivity contribution in [3.05, 3.63) is 53.1 Å². The second-order valence-electron chi connectivity index (χ2n) is 6.47. The van der Waals surface area contributed by atoms with Crippen LogP contribution in [-0.2, 0) is 18.0 Å². The second kappa shape index (κ2) is 7.84. The van der Waals surface area contributed by atoms with Gasteiger partial charge in [0, 0.05) is 17.2 Å². The van der Waals surface area contributed by atoms with E-state index in [0.29, 0.717) is 47.5 Å². The van der Waals surface area contributed by atoms with Gasteiger partial charge in [0.05, 0.1) is 40.2 Å². The van der Waals surface area contributed by atoms with Gasteiger partial charge < -0.3 is 24.3 Å². The van der Waals surface area contributed by atoms with Gasteiger partial charge in [-0.05, 0) is 29.3 Å². The summed E-state index contributed by atoms with van der Waals surface area (Å²) in [5.41, 5.74) is 4.03. The van der Waals surface area contributed by atoms with E-state index in [4.69, 9.17) is 18.9 Å². The molecule has 3 aromatic rings. The lowest BCUT2D eigenvalue weighted by Crippen LogP contribution is -2.14. The lowest BCUT2D eigenvalue weighted by Gasteiger charge is -2.13. The van der Waals surface area contributed by atoms with Crippen LogP contribution in [0.25, 0.3) is 11.3 Å². The van der Waals surface area contributed by atoms with E-state index in [2.05, 4.69) is 15.5 Å². The minimum absolute atomic E-state index is 0.227. The molecule has 0 saturated carbocycles. The van der Waals surface area contributed by atoms with Gasteiger partial charge in [0.2, 0.25) is 5.75 Å². The number of carbonyl (C=O) groups excluding carboxylic acids is 1. The van der Waals surface area contributed by atoms with Crippen molar-refractivity contribution in [3.8, 4) is 28.5 Å². The number of carbonyl (C=O) groups is 1. The van der Waals surface area contributed by atoms with Crippen LogP contribution in [0, 0.1) is 0 Å². The van der Waals surface area contributed by atoms with Crippen molar-refractivity contribution in [3.63, 3.8) is 0 Å². The van der Waals surface area contributed by atoms with Crippen molar-refractivity contribution in [1.82, 2.24) is 10.2 Å². The maximum absolute atomic E-state index is 12.7. The Balaban J connectivity index is 1.59. The third-order valence-corrected chi connectivity index (χ3v) is 4.82. The summed E-state index contributed by atoms with van der Waals surface area (Å²) < 4.78 is 21.6. The van der Waals surface area contributed by atoms with Gasteiger partial charge in [-0.15, -0.1) is 0 Å². The number of aromatic nitrogens is 2. The van der Waals surface area contributed by atoms with E-state index < -0.39 is 0 Å². The number of amides is 1. The molecule has 2 heterocycles. The molecule has 2 N–H and O–H groups in total. The second-order valence-corrected chi connectivity index (χ2v) is 6.47. The minimum atomic E-state index is -0.227. The Morgan fingerprint density at radius 1 is 1.07 bits per heavy atom. The topological polar surface area (TPSA) is 94.7 Å². The van der Waals surface area contributed by atoms with Crippen molar-refractivity contribution in [2.24, 2.45) is 0 Å². The van der Waals surface area contributed by atoms with Crippen LogP contribution in [0.3, 0.4) is 0 Å². The molecule has 1 aliphatic heterocycles. The molecule has 0 atom stereocenters. The van der Waals surface area contributed by atoms with Crippen LogP contribution in [-0.4, -0.2) is 37.4 Å². The average molecular weight is 395 g/mol. The Labute approximate surface area is 167 Å². The highest BCUT2D eigenvalue weighted by Gasteiger charge is 2.20. The molecule has 8 heteroatoms. The quantitative estimate of drug-likeness (QED) is 0.664. The zero-order chi connectivity index (χ0) is 20.4. The summed E-state index contributed by atoms with van der Waals surface area (Å²) in [5.74, 6) is 1.75. The number of anilines is 1. The minimum Gasteiger partial charge on any atom is -0.493 e. The molecule has 150 valence electrons. The van der Waals surface area contributed by atoms with Gasteiger partial charge in [-0.25, -0.2) is 0 Å². The van der Waals surface area contributed by atoms with Gasteiger partial charge in [0.25, 0.3) is 5.91 Å². The predicted molar refractivity (Wildman–Crippen MR) is 107 cm³/mol. The van der Waals surface area contributed by atoms with Gasteiger partial charge in [-0.3, -0.25) is 9.89 Å². The fraction of sp³-hybridized carbons (Fsp3) is 0.238. The molecule has 1 aliphatic rings. The summed E-state index contributed by atoms with van der Waals surface area (Å²) in [6.07, 6.45) is 0. The third kappa shape index (κ3) is 3.50. The number of rotatable bonds is 6. The van der Waals surface area contributed by atoms with E-state index in [1.165, 1.54) is 0 Å². The molecule has 4 rings (SSSR count). The van der Waals surface area contributed by atoms with Crippen molar-refractivity contribution in [2.45, 2.75) is 13.2 Å². The maximum atomic E-state index is 12.7. The number of methoxy groups -OCH3 is 3. The summed E-state index contributed by atoms with van der Waals surface area (Å²) >= 11 is 0. The molecule has 0 unspecified atom stereocenters. The average Bonchev–Trinajstić information content (AvgIpc) is 3.41. The van der Waals surface area contributed by atoms with E-state index in [9.17, 15) is 4.79 Å². The van der Waals surface area contributed by atoms with Gasteiger partial charge in [0.1, 0.15) is 0 Å². The summed E-state index contributed by atoms with van der Waals surface area (Å²) in [4.78, 5) is 12.7. The number of hydrogen-bond acceptors (Lipinski definition) is 6. The molecule has 2 aromatic carbocycles. The van der Waals surface area contributed by atoms with Crippen molar-refractivity contribution in [1.29, 1.82) is 0 Å². The van der Waals surface area contributed by atoms with Crippen LogP contribution >= 0.6 is 0 Å². The van der Waals surface area contributed by atoms with Crippen LogP contribution < -0.4 is 19.5 Å². The molecule has 0 aliphatic carbocycles. The summed E-state index contributed by atoms with van der Waals surface area (Å²) in [7, 11) is 4.67. The molecule has 8 nitrogen and oxygen atoms in total. The summed E-state index contributed by atoms with van der Waals surface area (Å²) in [6, 6.07) is 11.0. The fourth-order valence-electron chi connectivity index (χ4n) is 3.37. The van der Waals surface area contributed by atoms with Crippen molar-refractivity contribution >= 4 is 11.7 Å². The zero-order valence-electron chi connectivity index (χ0n) is 16.4. The smallest absolute Gasteiger partial charge is 0.257 e. The molecule has 1 aromatic heterocycles. The molecule has 0 saturated heterocycles. The molecular weight excluding hydrogens is 374 g/mol. The lowest BCUT2D eigenvalue weighted by molar-refractivity contribution is 0.102. The van der Waals surface area contributed by atoms with E-state index in [0.717, 1.165) is 16.7 Å².